The van der Waals surface area contributed by atoms with Gasteiger partial charge in [0.25, 0.3) is 21.6 Å². The Balaban J connectivity index is 2.30. The van der Waals surface area contributed by atoms with Crippen LogP contribution in [0.2, 0.25) is 0 Å². The van der Waals surface area contributed by atoms with Crippen LogP contribution in [0.1, 0.15) is 15.9 Å². The van der Waals surface area contributed by atoms with E-state index in [1.165, 1.54) is 43.3 Å². The predicted molar refractivity (Wildman–Crippen MR) is 96.6 cm³/mol. The summed E-state index contributed by atoms with van der Waals surface area (Å²) in [4.78, 5) is 32.6. The molecule has 0 aliphatic carbocycles. The van der Waals surface area contributed by atoms with Crippen LogP contribution in [0.5, 0.6) is 0 Å². The highest BCUT2D eigenvalue weighted by atomic mass is 32.2. The number of primary amides is 1. The van der Waals surface area contributed by atoms with Crippen LogP contribution < -0.4 is 15.8 Å². The van der Waals surface area contributed by atoms with Gasteiger partial charge in [-0.2, -0.15) is 0 Å². The number of non-ortho nitro benzene ring substituents is 1. The van der Waals surface area contributed by atoms with Crippen LogP contribution in [-0.4, -0.2) is 31.7 Å². The van der Waals surface area contributed by atoms with E-state index in [2.05, 4.69) is 10.0 Å². The topological polar surface area (TPSA) is 162 Å². The first kappa shape index (κ1) is 19.8. The maximum Gasteiger partial charge on any atom is 0.270 e. The molecule has 2 aromatic rings. The molecule has 11 heteroatoms. The van der Waals surface area contributed by atoms with Gasteiger partial charge in [-0.25, -0.2) is 8.42 Å². The molecule has 142 valence electrons. The molecule has 2 amide bonds. The second-order valence-corrected chi connectivity index (χ2v) is 7.19. The standard InChI is InChI=1S/C16H16N4O6S/c1-10-5-6-13(20(23)24)8-14(10)27(25,26)19-12-4-2-3-11(7-12)16(22)18-9-15(17)21/h2-8,19H,9H2,1H3,(H2,17,21)(H,18,22). The molecular formula is C16H16N4O6S. The van der Waals surface area contributed by atoms with Gasteiger partial charge in [0.1, 0.15) is 0 Å². The number of amides is 2. The molecule has 4 N–H and O–H groups in total. The van der Waals surface area contributed by atoms with E-state index in [1.54, 1.807) is 0 Å². The number of anilines is 1. The smallest absolute Gasteiger partial charge is 0.270 e. The lowest BCUT2D eigenvalue weighted by molar-refractivity contribution is -0.385. The van der Waals surface area contributed by atoms with Crippen LogP contribution >= 0.6 is 0 Å². The molecule has 0 aromatic heterocycles. The van der Waals surface area contributed by atoms with Gasteiger partial charge >= 0.3 is 0 Å². The summed E-state index contributed by atoms with van der Waals surface area (Å²) < 4.78 is 27.5. The minimum Gasteiger partial charge on any atom is -0.368 e. The van der Waals surface area contributed by atoms with Crippen molar-refractivity contribution in [1.29, 1.82) is 0 Å². The SMILES string of the molecule is Cc1ccc([N+](=O)[O-])cc1S(=O)(=O)Nc1cccc(C(=O)NCC(N)=O)c1. The molecule has 0 saturated heterocycles. The number of nitrogens with zero attached hydrogens (tertiary/aromatic N) is 1. The molecule has 0 unspecified atom stereocenters. The van der Waals surface area contributed by atoms with Crippen LogP contribution in [0.3, 0.4) is 0 Å². The third-order valence-electron chi connectivity index (χ3n) is 3.47. The van der Waals surface area contributed by atoms with Crippen LogP contribution in [0.25, 0.3) is 0 Å². The number of hydrogen-bond donors (Lipinski definition) is 3. The van der Waals surface area contributed by atoms with Crippen molar-refractivity contribution in [1.82, 2.24) is 5.32 Å². The summed E-state index contributed by atoms with van der Waals surface area (Å²) in [6.45, 7) is 1.15. The van der Waals surface area contributed by atoms with Gasteiger partial charge < -0.3 is 11.1 Å². The first-order valence-electron chi connectivity index (χ1n) is 7.54. The van der Waals surface area contributed by atoms with Crippen molar-refractivity contribution in [3.05, 3.63) is 63.7 Å². The number of nitro benzene ring substituents is 1. The number of carbonyl (C=O) groups excluding carboxylic acids is 2. The third kappa shape index (κ3) is 5.01. The Morgan fingerprint density at radius 1 is 1.19 bits per heavy atom. The molecule has 0 heterocycles. The number of aryl methyl sites for hydroxylation is 1. The lowest BCUT2D eigenvalue weighted by atomic mass is 10.2. The van der Waals surface area contributed by atoms with Gasteiger partial charge in [-0.3, -0.25) is 24.4 Å². The molecule has 10 nitrogen and oxygen atoms in total. The molecule has 0 saturated carbocycles. The lowest BCUT2D eigenvalue weighted by Crippen LogP contribution is -2.33. The molecule has 0 radical (unpaired) electrons. The molecule has 0 aliphatic heterocycles. The number of sulfonamides is 1. The molecule has 2 aromatic carbocycles. The molecule has 0 fully saturated rings. The van der Waals surface area contributed by atoms with Gasteiger partial charge in [0.2, 0.25) is 5.91 Å². The van der Waals surface area contributed by atoms with Crippen molar-refractivity contribution in [2.45, 2.75) is 11.8 Å². The van der Waals surface area contributed by atoms with Gasteiger partial charge in [0, 0.05) is 23.4 Å². The van der Waals surface area contributed by atoms with Crippen molar-refractivity contribution < 1.29 is 22.9 Å². The Hall–Kier alpha value is -3.47. The van der Waals surface area contributed by atoms with Crippen molar-refractivity contribution in [3.8, 4) is 0 Å². The zero-order valence-electron chi connectivity index (χ0n) is 14.1. The van der Waals surface area contributed by atoms with E-state index >= 15 is 0 Å². The van der Waals surface area contributed by atoms with Crippen LogP contribution in [0.4, 0.5) is 11.4 Å². The fourth-order valence-electron chi connectivity index (χ4n) is 2.20. The van der Waals surface area contributed by atoms with Crippen molar-refractivity contribution in [3.63, 3.8) is 0 Å². The van der Waals surface area contributed by atoms with E-state index in [0.29, 0.717) is 5.56 Å². The fourth-order valence-corrected chi connectivity index (χ4v) is 3.51. The summed E-state index contributed by atoms with van der Waals surface area (Å²) in [5.41, 5.74) is 5.09. The first-order valence-corrected chi connectivity index (χ1v) is 9.03. The van der Waals surface area contributed by atoms with Gasteiger partial charge in [-0.15, -0.1) is 0 Å². The third-order valence-corrected chi connectivity index (χ3v) is 5.00. The Bertz CT molecular complexity index is 1020. The largest absolute Gasteiger partial charge is 0.368 e. The van der Waals surface area contributed by atoms with E-state index in [9.17, 15) is 28.1 Å². The van der Waals surface area contributed by atoms with Crippen molar-refractivity contribution in [2.24, 2.45) is 5.73 Å². The maximum absolute atomic E-state index is 12.6. The summed E-state index contributed by atoms with van der Waals surface area (Å²) in [6.07, 6.45) is 0. The minimum absolute atomic E-state index is 0.0765. The van der Waals surface area contributed by atoms with E-state index in [1.807, 2.05) is 0 Å². The van der Waals surface area contributed by atoms with E-state index < -0.39 is 26.8 Å². The average molecular weight is 392 g/mol. The Kier molecular flexibility index (Phi) is 5.75. The van der Waals surface area contributed by atoms with Gasteiger partial charge in [-0.1, -0.05) is 12.1 Å². The predicted octanol–water partition coefficient (Wildman–Crippen LogP) is 0.919. The molecule has 0 spiro atoms. The quantitative estimate of drug-likeness (QED) is 0.469. The first-order chi connectivity index (χ1) is 12.6. The number of nitro groups is 1. The van der Waals surface area contributed by atoms with Gasteiger partial charge in [-0.05, 0) is 30.7 Å². The summed E-state index contributed by atoms with van der Waals surface area (Å²) in [5.74, 6) is -1.33. The molecule has 0 atom stereocenters. The maximum atomic E-state index is 12.6. The highest BCUT2D eigenvalue weighted by Crippen LogP contribution is 2.24. The summed E-state index contributed by atoms with van der Waals surface area (Å²) in [6, 6.07) is 9.04. The minimum atomic E-state index is -4.13. The Labute approximate surface area is 154 Å². The highest BCUT2D eigenvalue weighted by molar-refractivity contribution is 7.92. The highest BCUT2D eigenvalue weighted by Gasteiger charge is 2.21. The number of benzene rings is 2. The molecule has 0 bridgehead atoms. The van der Waals surface area contributed by atoms with Gasteiger partial charge in [0.05, 0.1) is 16.4 Å². The zero-order chi connectivity index (χ0) is 20.2. The number of rotatable bonds is 7. The Morgan fingerprint density at radius 2 is 1.89 bits per heavy atom. The Morgan fingerprint density at radius 3 is 2.52 bits per heavy atom. The van der Waals surface area contributed by atoms with E-state index in [-0.39, 0.29) is 28.4 Å². The van der Waals surface area contributed by atoms with Crippen molar-refractivity contribution >= 4 is 33.2 Å². The molecule has 2 rings (SSSR count). The summed E-state index contributed by atoms with van der Waals surface area (Å²) >= 11 is 0. The van der Waals surface area contributed by atoms with Crippen LogP contribution in [0.15, 0.2) is 47.4 Å². The van der Waals surface area contributed by atoms with E-state index in [0.717, 1.165) is 6.07 Å². The molecule has 0 aliphatic rings. The second-order valence-electron chi connectivity index (χ2n) is 5.54. The molecule has 27 heavy (non-hydrogen) atoms. The number of nitrogens with two attached hydrogens (primary N) is 1. The van der Waals surface area contributed by atoms with Gasteiger partial charge in [0.15, 0.2) is 0 Å². The second kappa shape index (κ2) is 7.83. The van der Waals surface area contributed by atoms with Crippen LogP contribution in [-0.2, 0) is 14.8 Å². The number of nitrogens with one attached hydrogen (secondary N) is 2. The summed E-state index contributed by atoms with van der Waals surface area (Å²) in [7, 11) is -4.13. The monoisotopic (exact) mass is 392 g/mol. The average Bonchev–Trinajstić information content (AvgIpc) is 2.59. The zero-order valence-corrected chi connectivity index (χ0v) is 14.9. The van der Waals surface area contributed by atoms with Crippen molar-refractivity contribution in [2.75, 3.05) is 11.3 Å². The number of carbonyl (C=O) groups is 2. The lowest BCUT2D eigenvalue weighted by Gasteiger charge is -2.11. The number of hydrogen-bond acceptors (Lipinski definition) is 6. The molecular weight excluding hydrogens is 376 g/mol. The van der Waals surface area contributed by atoms with Crippen LogP contribution in [0, 0.1) is 17.0 Å². The van der Waals surface area contributed by atoms with E-state index in [4.69, 9.17) is 5.73 Å². The fraction of sp³-hybridized carbons (Fsp3) is 0.125. The normalized spacial score (nSPS) is 10.9. The summed E-state index contributed by atoms with van der Waals surface area (Å²) in [5, 5.41) is 13.2.